The molecule has 1 saturated carbocycles. The Morgan fingerprint density at radius 3 is 2.81 bits per heavy atom. The molecule has 1 N–H and O–H groups in total. The van der Waals surface area contributed by atoms with Gasteiger partial charge in [0.1, 0.15) is 5.82 Å². The van der Waals surface area contributed by atoms with Crippen molar-refractivity contribution in [2.45, 2.75) is 39.2 Å². The number of halogens is 2. The summed E-state index contributed by atoms with van der Waals surface area (Å²) in [6.45, 7) is 4.97. The fraction of sp³-hybridized carbons (Fsp3) is 0.529. The molecule has 0 aromatic carbocycles. The van der Waals surface area contributed by atoms with E-state index in [0.717, 1.165) is 30.9 Å². The molecular formula is C17H21F2N7. The summed E-state index contributed by atoms with van der Waals surface area (Å²) in [4.78, 5) is 10.1. The highest BCUT2D eigenvalue weighted by molar-refractivity contribution is 5.60. The quantitative estimate of drug-likeness (QED) is 0.849. The number of nitrogens with zero attached hydrogens (tertiary/aromatic N) is 6. The summed E-state index contributed by atoms with van der Waals surface area (Å²) in [5.74, 6) is -2.62. The Balaban J connectivity index is 1.92. The standard InChI is InChI=1S/C17H21F2N7/c1-5-21-15-12(17(3,18)19)8-22-16(23-15)25(4)14-9-26(24-10(14)2)13-6-11(13)7-20/h8-9,11,13H,5-6H2,1-4H3,(H,21,22,23). The third-order valence-corrected chi connectivity index (χ3v) is 4.41. The summed E-state index contributed by atoms with van der Waals surface area (Å²) in [5, 5.41) is 16.3. The molecule has 0 saturated heterocycles. The molecule has 0 amide bonds. The normalized spacial score (nSPS) is 19.1. The van der Waals surface area contributed by atoms with Crippen molar-refractivity contribution in [1.29, 1.82) is 5.26 Å². The molecule has 0 spiro atoms. The van der Waals surface area contributed by atoms with Crippen molar-refractivity contribution in [2.24, 2.45) is 5.92 Å². The van der Waals surface area contributed by atoms with E-state index in [2.05, 4.69) is 26.5 Å². The van der Waals surface area contributed by atoms with Crippen LogP contribution in [0.25, 0.3) is 0 Å². The van der Waals surface area contributed by atoms with Gasteiger partial charge in [-0.1, -0.05) is 0 Å². The molecule has 2 aromatic rings. The van der Waals surface area contributed by atoms with Crippen LogP contribution in [0.2, 0.25) is 0 Å². The number of aryl methyl sites for hydroxylation is 1. The third kappa shape index (κ3) is 3.31. The maximum absolute atomic E-state index is 13.8. The number of rotatable bonds is 6. The van der Waals surface area contributed by atoms with Gasteiger partial charge in [0, 0.05) is 32.9 Å². The molecule has 138 valence electrons. The monoisotopic (exact) mass is 361 g/mol. The smallest absolute Gasteiger partial charge is 0.275 e. The number of anilines is 3. The highest BCUT2D eigenvalue weighted by Gasteiger charge is 2.40. The Labute approximate surface area is 150 Å². The van der Waals surface area contributed by atoms with Gasteiger partial charge in [0.05, 0.1) is 35.0 Å². The van der Waals surface area contributed by atoms with E-state index in [-0.39, 0.29) is 23.3 Å². The second kappa shape index (κ2) is 6.52. The summed E-state index contributed by atoms with van der Waals surface area (Å²) in [5.41, 5.74) is 1.29. The first-order valence-corrected chi connectivity index (χ1v) is 8.44. The lowest BCUT2D eigenvalue weighted by molar-refractivity contribution is 0.0176. The fourth-order valence-corrected chi connectivity index (χ4v) is 2.85. The van der Waals surface area contributed by atoms with Crippen LogP contribution in [0.3, 0.4) is 0 Å². The lowest BCUT2D eigenvalue weighted by Gasteiger charge is -2.20. The van der Waals surface area contributed by atoms with E-state index in [1.807, 2.05) is 20.0 Å². The predicted octanol–water partition coefficient (Wildman–Crippen LogP) is 3.38. The van der Waals surface area contributed by atoms with E-state index in [1.54, 1.807) is 16.6 Å². The van der Waals surface area contributed by atoms with Gasteiger partial charge < -0.3 is 10.2 Å². The SMILES string of the molecule is CCNc1nc(N(C)c2cn(C3CC3C#N)nc2C)ncc1C(C)(F)F. The van der Waals surface area contributed by atoms with Gasteiger partial charge in [-0.25, -0.2) is 13.8 Å². The van der Waals surface area contributed by atoms with Crippen LogP contribution in [0, 0.1) is 24.2 Å². The van der Waals surface area contributed by atoms with Crippen molar-refractivity contribution in [3.63, 3.8) is 0 Å². The molecule has 1 fully saturated rings. The summed E-state index contributed by atoms with van der Waals surface area (Å²) in [7, 11) is 1.76. The van der Waals surface area contributed by atoms with E-state index in [0.29, 0.717) is 12.5 Å². The lowest BCUT2D eigenvalue weighted by atomic mass is 10.2. The molecule has 2 aromatic heterocycles. The van der Waals surface area contributed by atoms with Crippen molar-refractivity contribution in [3.8, 4) is 6.07 Å². The minimum atomic E-state index is -3.03. The van der Waals surface area contributed by atoms with Gasteiger partial charge in [-0.3, -0.25) is 4.68 Å². The molecule has 1 aliphatic carbocycles. The zero-order chi connectivity index (χ0) is 19.1. The maximum atomic E-state index is 13.8. The molecule has 3 rings (SSSR count). The van der Waals surface area contributed by atoms with E-state index in [1.165, 1.54) is 0 Å². The van der Waals surface area contributed by atoms with Crippen molar-refractivity contribution in [2.75, 3.05) is 23.8 Å². The van der Waals surface area contributed by atoms with Gasteiger partial charge in [0.15, 0.2) is 0 Å². The number of hydrogen-bond donors (Lipinski definition) is 1. The van der Waals surface area contributed by atoms with Crippen molar-refractivity contribution < 1.29 is 8.78 Å². The average Bonchev–Trinajstić information content (AvgIpc) is 3.28. The molecule has 7 nitrogen and oxygen atoms in total. The number of nitriles is 1. The van der Waals surface area contributed by atoms with E-state index < -0.39 is 5.92 Å². The molecule has 2 unspecified atom stereocenters. The summed E-state index contributed by atoms with van der Waals surface area (Å²) in [6.07, 6.45) is 3.79. The van der Waals surface area contributed by atoms with Gasteiger partial charge in [0.25, 0.3) is 5.92 Å². The average molecular weight is 361 g/mol. The van der Waals surface area contributed by atoms with Crippen molar-refractivity contribution in [1.82, 2.24) is 19.7 Å². The molecular weight excluding hydrogens is 340 g/mol. The molecule has 9 heteroatoms. The van der Waals surface area contributed by atoms with Crippen LogP contribution in [-0.2, 0) is 5.92 Å². The molecule has 2 atom stereocenters. The largest absolute Gasteiger partial charge is 0.370 e. The third-order valence-electron chi connectivity index (χ3n) is 4.41. The summed E-state index contributed by atoms with van der Waals surface area (Å²) >= 11 is 0. The Bertz CT molecular complexity index is 850. The Hall–Kier alpha value is -2.76. The lowest BCUT2D eigenvalue weighted by Crippen LogP contribution is -2.19. The van der Waals surface area contributed by atoms with Crippen LogP contribution >= 0.6 is 0 Å². The number of aromatic nitrogens is 4. The zero-order valence-electron chi connectivity index (χ0n) is 15.2. The van der Waals surface area contributed by atoms with Crippen LogP contribution in [0.5, 0.6) is 0 Å². The molecule has 2 heterocycles. The molecule has 0 radical (unpaired) electrons. The minimum Gasteiger partial charge on any atom is -0.370 e. The van der Waals surface area contributed by atoms with Crippen LogP contribution in [0.15, 0.2) is 12.4 Å². The van der Waals surface area contributed by atoms with E-state index >= 15 is 0 Å². The highest BCUT2D eigenvalue weighted by atomic mass is 19.3. The second-order valence-corrected chi connectivity index (χ2v) is 6.53. The first-order valence-electron chi connectivity index (χ1n) is 8.44. The predicted molar refractivity (Wildman–Crippen MR) is 93.5 cm³/mol. The van der Waals surface area contributed by atoms with Crippen molar-refractivity contribution in [3.05, 3.63) is 23.7 Å². The Morgan fingerprint density at radius 1 is 1.50 bits per heavy atom. The molecule has 26 heavy (non-hydrogen) atoms. The van der Waals surface area contributed by atoms with Crippen LogP contribution in [0.1, 0.15) is 37.6 Å². The van der Waals surface area contributed by atoms with Gasteiger partial charge in [-0.05, 0) is 20.3 Å². The second-order valence-electron chi connectivity index (χ2n) is 6.53. The van der Waals surface area contributed by atoms with E-state index in [9.17, 15) is 8.78 Å². The maximum Gasteiger partial charge on any atom is 0.275 e. The first-order chi connectivity index (χ1) is 12.3. The zero-order valence-corrected chi connectivity index (χ0v) is 15.2. The Morgan fingerprint density at radius 2 is 2.23 bits per heavy atom. The fourth-order valence-electron chi connectivity index (χ4n) is 2.85. The van der Waals surface area contributed by atoms with Crippen LogP contribution in [0.4, 0.5) is 26.2 Å². The number of nitrogens with one attached hydrogen (secondary N) is 1. The molecule has 0 bridgehead atoms. The minimum absolute atomic E-state index is 0.00451. The first kappa shape index (κ1) is 18.0. The van der Waals surface area contributed by atoms with Crippen LogP contribution < -0.4 is 10.2 Å². The van der Waals surface area contributed by atoms with Gasteiger partial charge in [-0.2, -0.15) is 15.3 Å². The molecule has 0 aliphatic heterocycles. The van der Waals surface area contributed by atoms with Gasteiger partial charge >= 0.3 is 0 Å². The molecule has 1 aliphatic rings. The van der Waals surface area contributed by atoms with Gasteiger partial charge in [0.2, 0.25) is 5.95 Å². The highest BCUT2D eigenvalue weighted by Crippen LogP contribution is 2.43. The van der Waals surface area contributed by atoms with Crippen molar-refractivity contribution >= 4 is 17.5 Å². The van der Waals surface area contributed by atoms with E-state index in [4.69, 9.17) is 5.26 Å². The van der Waals surface area contributed by atoms with Gasteiger partial charge in [-0.15, -0.1) is 0 Å². The summed E-state index contributed by atoms with van der Waals surface area (Å²) in [6, 6.07) is 2.34. The summed E-state index contributed by atoms with van der Waals surface area (Å²) < 4.78 is 29.3. The topological polar surface area (TPSA) is 82.7 Å². The Kier molecular flexibility index (Phi) is 4.52. The van der Waals surface area contributed by atoms with Crippen LogP contribution in [-0.4, -0.2) is 33.3 Å². The number of alkyl halides is 2. The number of hydrogen-bond acceptors (Lipinski definition) is 6.